The summed E-state index contributed by atoms with van der Waals surface area (Å²) in [7, 11) is 3.01. The van der Waals surface area contributed by atoms with E-state index in [0.29, 0.717) is 17.2 Å². The average molecular weight is 183 g/mol. The van der Waals surface area contributed by atoms with E-state index in [4.69, 9.17) is 14.2 Å². The van der Waals surface area contributed by atoms with Crippen LogP contribution in [0, 0.1) is 0 Å². The van der Waals surface area contributed by atoms with Crippen molar-refractivity contribution in [2.24, 2.45) is 0 Å². The summed E-state index contributed by atoms with van der Waals surface area (Å²) in [6, 6.07) is 5.16. The summed E-state index contributed by atoms with van der Waals surface area (Å²) >= 11 is 0. The van der Waals surface area contributed by atoms with Crippen molar-refractivity contribution >= 4 is 0 Å². The topological polar surface area (TPSA) is 47.6 Å². The van der Waals surface area contributed by atoms with E-state index in [1.165, 1.54) is 14.2 Å². The smallest absolute Gasteiger partial charge is 0.221 e. The lowest BCUT2D eigenvalue weighted by atomic mass is 10.3. The minimum atomic E-state index is -0.656. The van der Waals surface area contributed by atoms with Crippen LogP contribution in [0.5, 0.6) is 17.2 Å². The molecule has 0 saturated heterocycles. The van der Waals surface area contributed by atoms with Crippen LogP contribution in [0.2, 0.25) is 0 Å². The largest absolute Gasteiger partial charge is 0.493 e. The molecular formula is C9H11O4. The highest BCUT2D eigenvalue weighted by Crippen LogP contribution is 2.36. The van der Waals surface area contributed by atoms with Crippen LogP contribution in [0.1, 0.15) is 0 Å². The SMILES string of the molecule is COc1cccc(OC)c1OC[O]. The van der Waals surface area contributed by atoms with E-state index >= 15 is 0 Å². The van der Waals surface area contributed by atoms with Crippen LogP contribution in [0.4, 0.5) is 0 Å². The second-order valence-electron chi connectivity index (χ2n) is 2.25. The summed E-state index contributed by atoms with van der Waals surface area (Å²) in [5, 5.41) is 10.3. The van der Waals surface area contributed by atoms with Crippen molar-refractivity contribution in [3.8, 4) is 17.2 Å². The first kappa shape index (κ1) is 9.67. The second kappa shape index (κ2) is 4.57. The molecule has 71 valence electrons. The molecule has 0 saturated carbocycles. The Morgan fingerprint density at radius 2 is 1.69 bits per heavy atom. The van der Waals surface area contributed by atoms with E-state index in [9.17, 15) is 5.11 Å². The molecule has 1 rings (SSSR count). The Morgan fingerprint density at radius 3 is 2.08 bits per heavy atom. The molecule has 4 heteroatoms. The van der Waals surface area contributed by atoms with E-state index in [-0.39, 0.29) is 0 Å². The summed E-state index contributed by atoms with van der Waals surface area (Å²) in [4.78, 5) is 0. The molecule has 0 unspecified atom stereocenters. The molecule has 1 aromatic carbocycles. The second-order valence-corrected chi connectivity index (χ2v) is 2.25. The normalized spacial score (nSPS) is 9.46. The molecule has 1 aromatic rings. The monoisotopic (exact) mass is 183 g/mol. The van der Waals surface area contributed by atoms with E-state index in [1.807, 2.05) is 0 Å². The van der Waals surface area contributed by atoms with E-state index in [0.717, 1.165) is 0 Å². The van der Waals surface area contributed by atoms with Crippen molar-refractivity contribution in [1.82, 2.24) is 0 Å². The maximum Gasteiger partial charge on any atom is 0.221 e. The minimum absolute atomic E-state index is 0.350. The Labute approximate surface area is 76.7 Å². The summed E-state index contributed by atoms with van der Waals surface area (Å²) in [5.41, 5.74) is 0. The number of hydrogen-bond acceptors (Lipinski definition) is 3. The van der Waals surface area contributed by atoms with Gasteiger partial charge in [0.15, 0.2) is 11.5 Å². The zero-order valence-electron chi connectivity index (χ0n) is 7.57. The molecular weight excluding hydrogens is 172 g/mol. The van der Waals surface area contributed by atoms with Crippen molar-refractivity contribution in [1.29, 1.82) is 0 Å². The molecule has 0 fully saturated rings. The summed E-state index contributed by atoms with van der Waals surface area (Å²) in [5.74, 6) is 1.34. The third kappa shape index (κ3) is 2.03. The van der Waals surface area contributed by atoms with Gasteiger partial charge in [-0.1, -0.05) is 6.07 Å². The van der Waals surface area contributed by atoms with Crippen molar-refractivity contribution in [2.45, 2.75) is 0 Å². The van der Waals surface area contributed by atoms with Gasteiger partial charge in [-0.15, -0.1) is 0 Å². The molecule has 1 radical (unpaired) electrons. The molecule has 0 atom stereocenters. The predicted molar refractivity (Wildman–Crippen MR) is 45.7 cm³/mol. The van der Waals surface area contributed by atoms with Crippen LogP contribution in [-0.4, -0.2) is 21.0 Å². The third-order valence-corrected chi connectivity index (χ3v) is 1.59. The van der Waals surface area contributed by atoms with Gasteiger partial charge in [0.25, 0.3) is 0 Å². The highest BCUT2D eigenvalue weighted by Gasteiger charge is 2.10. The summed E-state index contributed by atoms with van der Waals surface area (Å²) in [6.07, 6.45) is 0. The number of para-hydroxylation sites is 1. The van der Waals surface area contributed by atoms with Crippen LogP contribution >= 0.6 is 0 Å². The lowest BCUT2D eigenvalue weighted by molar-refractivity contribution is 0.0337. The van der Waals surface area contributed by atoms with Gasteiger partial charge in [0.05, 0.1) is 14.2 Å². The molecule has 0 aliphatic rings. The zero-order chi connectivity index (χ0) is 9.68. The summed E-state index contributed by atoms with van der Waals surface area (Å²) < 4.78 is 14.8. The molecule has 0 aromatic heterocycles. The Balaban J connectivity index is 3.05. The Hall–Kier alpha value is -1.42. The third-order valence-electron chi connectivity index (χ3n) is 1.59. The van der Waals surface area contributed by atoms with Crippen LogP contribution in [0.3, 0.4) is 0 Å². The van der Waals surface area contributed by atoms with Crippen LogP contribution in [-0.2, 0) is 5.11 Å². The minimum Gasteiger partial charge on any atom is -0.493 e. The van der Waals surface area contributed by atoms with Crippen LogP contribution in [0.25, 0.3) is 0 Å². The quantitative estimate of drug-likeness (QED) is 0.664. The molecule has 0 spiro atoms. The fourth-order valence-corrected chi connectivity index (χ4v) is 1.02. The maximum absolute atomic E-state index is 10.3. The molecule has 13 heavy (non-hydrogen) atoms. The standard InChI is InChI=1S/C9H11O4/c1-11-7-4-3-5-8(12-2)9(7)13-6-10/h3-5H,6H2,1-2H3. The highest BCUT2D eigenvalue weighted by molar-refractivity contribution is 5.50. The Bertz CT molecular complexity index is 250. The lowest BCUT2D eigenvalue weighted by Gasteiger charge is -2.11. The van der Waals surface area contributed by atoms with Crippen molar-refractivity contribution < 1.29 is 19.3 Å². The number of methoxy groups -OCH3 is 2. The zero-order valence-corrected chi connectivity index (χ0v) is 7.57. The first-order valence-corrected chi connectivity index (χ1v) is 3.75. The van der Waals surface area contributed by atoms with Gasteiger partial charge in [0, 0.05) is 0 Å². The fraction of sp³-hybridized carbons (Fsp3) is 0.333. The molecule has 0 aliphatic carbocycles. The first-order valence-electron chi connectivity index (χ1n) is 3.75. The maximum atomic E-state index is 10.3. The van der Waals surface area contributed by atoms with E-state index in [1.54, 1.807) is 18.2 Å². The van der Waals surface area contributed by atoms with Crippen molar-refractivity contribution in [3.63, 3.8) is 0 Å². The average Bonchev–Trinajstić information content (AvgIpc) is 2.18. The molecule has 0 aliphatic heterocycles. The molecule has 0 N–H and O–H groups in total. The number of ether oxygens (including phenoxy) is 3. The Morgan fingerprint density at radius 1 is 1.15 bits per heavy atom. The van der Waals surface area contributed by atoms with Crippen molar-refractivity contribution in [3.05, 3.63) is 18.2 Å². The van der Waals surface area contributed by atoms with Crippen LogP contribution < -0.4 is 14.2 Å². The molecule has 0 heterocycles. The lowest BCUT2D eigenvalue weighted by Crippen LogP contribution is -1.98. The fourth-order valence-electron chi connectivity index (χ4n) is 1.02. The number of benzene rings is 1. The van der Waals surface area contributed by atoms with Crippen LogP contribution in [0.15, 0.2) is 18.2 Å². The molecule has 0 bridgehead atoms. The Kier molecular flexibility index (Phi) is 3.40. The van der Waals surface area contributed by atoms with Gasteiger partial charge in [0.1, 0.15) is 0 Å². The van der Waals surface area contributed by atoms with Gasteiger partial charge in [-0.2, -0.15) is 5.11 Å². The molecule has 4 nitrogen and oxygen atoms in total. The highest BCUT2D eigenvalue weighted by atomic mass is 16.6. The predicted octanol–water partition coefficient (Wildman–Crippen LogP) is 1.47. The molecule has 0 amide bonds. The first-order chi connectivity index (χ1) is 6.33. The van der Waals surface area contributed by atoms with Gasteiger partial charge in [-0.25, -0.2) is 0 Å². The van der Waals surface area contributed by atoms with Gasteiger partial charge >= 0.3 is 0 Å². The van der Waals surface area contributed by atoms with Gasteiger partial charge in [-0.3, -0.25) is 0 Å². The van der Waals surface area contributed by atoms with Gasteiger partial charge in [-0.05, 0) is 12.1 Å². The van der Waals surface area contributed by atoms with E-state index in [2.05, 4.69) is 0 Å². The summed E-state index contributed by atoms with van der Waals surface area (Å²) in [6.45, 7) is -0.656. The van der Waals surface area contributed by atoms with Crippen molar-refractivity contribution in [2.75, 3.05) is 21.0 Å². The van der Waals surface area contributed by atoms with Gasteiger partial charge in [0.2, 0.25) is 12.5 Å². The van der Waals surface area contributed by atoms with E-state index < -0.39 is 6.79 Å². The number of hydrogen-bond donors (Lipinski definition) is 0. The number of rotatable bonds is 4. The van der Waals surface area contributed by atoms with Gasteiger partial charge < -0.3 is 14.2 Å².